The maximum absolute atomic E-state index is 13.2. The second-order valence-electron chi connectivity index (χ2n) is 3.94. The van der Waals surface area contributed by atoms with Crippen LogP contribution in [0.1, 0.15) is 6.42 Å². The van der Waals surface area contributed by atoms with E-state index >= 15 is 0 Å². The number of hydrogen-bond donors (Lipinski definition) is 1. The number of hydrogen-bond acceptors (Lipinski definition) is 4. The number of halogens is 3. The second kappa shape index (κ2) is 3.49. The number of aromatic amines is 1. The van der Waals surface area contributed by atoms with Gasteiger partial charge in [0.1, 0.15) is 5.52 Å². The van der Waals surface area contributed by atoms with E-state index < -0.39 is 5.92 Å². The number of H-pyrrole nitrogens is 1. The van der Waals surface area contributed by atoms with E-state index in [2.05, 4.69) is 19.9 Å². The maximum Gasteiger partial charge on any atom is 0.266 e. The Morgan fingerprint density at radius 1 is 1.41 bits per heavy atom. The monoisotopic (exact) mass is 259 g/mol. The average molecular weight is 260 g/mol. The van der Waals surface area contributed by atoms with Crippen LogP contribution >= 0.6 is 11.6 Å². The predicted octanol–water partition coefficient (Wildman–Crippen LogP) is 1.85. The molecular weight excluding hydrogens is 252 g/mol. The highest BCUT2D eigenvalue weighted by Gasteiger charge is 2.39. The van der Waals surface area contributed by atoms with Gasteiger partial charge >= 0.3 is 0 Å². The van der Waals surface area contributed by atoms with Gasteiger partial charge in [-0.05, 0) is 11.6 Å². The minimum atomic E-state index is -2.68. The van der Waals surface area contributed by atoms with Gasteiger partial charge in [0.05, 0.1) is 12.9 Å². The van der Waals surface area contributed by atoms with Gasteiger partial charge in [0, 0.05) is 13.0 Å². The molecule has 1 aliphatic rings. The number of nitrogens with zero attached hydrogens (tertiary/aromatic N) is 4. The Kier molecular flexibility index (Phi) is 2.19. The molecule has 0 aromatic carbocycles. The van der Waals surface area contributed by atoms with Crippen LogP contribution in [-0.2, 0) is 0 Å². The van der Waals surface area contributed by atoms with E-state index in [4.69, 9.17) is 11.6 Å². The van der Waals surface area contributed by atoms with E-state index in [0.717, 1.165) is 0 Å². The highest BCUT2D eigenvalue weighted by molar-refractivity contribution is 6.28. The fourth-order valence-electron chi connectivity index (χ4n) is 1.94. The maximum atomic E-state index is 13.2. The first kappa shape index (κ1) is 10.6. The quantitative estimate of drug-likeness (QED) is 0.794. The van der Waals surface area contributed by atoms with Gasteiger partial charge in [-0.1, -0.05) is 0 Å². The van der Waals surface area contributed by atoms with Crippen molar-refractivity contribution in [3.05, 3.63) is 11.6 Å². The molecule has 17 heavy (non-hydrogen) atoms. The molecule has 90 valence electrons. The van der Waals surface area contributed by atoms with Crippen molar-refractivity contribution in [2.45, 2.75) is 12.3 Å². The molecule has 0 aliphatic carbocycles. The summed E-state index contributed by atoms with van der Waals surface area (Å²) in [6, 6.07) is 0. The largest absolute Gasteiger partial charge is 0.348 e. The van der Waals surface area contributed by atoms with Crippen molar-refractivity contribution in [2.75, 3.05) is 18.0 Å². The van der Waals surface area contributed by atoms with Gasteiger partial charge in [0.2, 0.25) is 5.28 Å². The topological polar surface area (TPSA) is 57.7 Å². The van der Waals surface area contributed by atoms with Crippen molar-refractivity contribution < 1.29 is 8.78 Å². The zero-order valence-electron chi connectivity index (χ0n) is 8.62. The predicted molar refractivity (Wildman–Crippen MR) is 58.5 cm³/mol. The molecule has 2 aromatic heterocycles. The van der Waals surface area contributed by atoms with Gasteiger partial charge in [-0.2, -0.15) is 9.97 Å². The number of aromatic nitrogens is 4. The molecule has 1 N–H and O–H groups in total. The van der Waals surface area contributed by atoms with Crippen LogP contribution in [0.2, 0.25) is 5.28 Å². The fraction of sp³-hybridized carbons (Fsp3) is 0.444. The number of rotatable bonds is 1. The van der Waals surface area contributed by atoms with Crippen LogP contribution in [-0.4, -0.2) is 38.9 Å². The normalized spacial score (nSPS) is 19.1. The highest BCUT2D eigenvalue weighted by atomic mass is 35.5. The van der Waals surface area contributed by atoms with E-state index in [0.29, 0.717) is 17.0 Å². The lowest BCUT2D eigenvalue weighted by Crippen LogP contribution is -2.26. The second-order valence-corrected chi connectivity index (χ2v) is 4.28. The van der Waals surface area contributed by atoms with E-state index in [1.807, 2.05) is 0 Å². The molecule has 8 heteroatoms. The molecule has 3 heterocycles. The van der Waals surface area contributed by atoms with Crippen LogP contribution in [0.4, 0.5) is 14.6 Å². The molecule has 1 saturated heterocycles. The summed E-state index contributed by atoms with van der Waals surface area (Å²) in [7, 11) is 0. The Bertz CT molecular complexity index is 570. The molecule has 0 unspecified atom stereocenters. The van der Waals surface area contributed by atoms with E-state index in [1.54, 1.807) is 0 Å². The summed E-state index contributed by atoms with van der Waals surface area (Å²) in [4.78, 5) is 16.2. The average Bonchev–Trinajstić information content (AvgIpc) is 2.82. The lowest BCUT2D eigenvalue weighted by molar-refractivity contribution is 0.0257. The third-order valence-corrected chi connectivity index (χ3v) is 2.88. The molecule has 5 nitrogen and oxygen atoms in total. The number of alkyl halides is 2. The van der Waals surface area contributed by atoms with Gasteiger partial charge in [-0.15, -0.1) is 0 Å². The van der Waals surface area contributed by atoms with Crippen molar-refractivity contribution in [2.24, 2.45) is 0 Å². The zero-order chi connectivity index (χ0) is 12.0. The van der Waals surface area contributed by atoms with Crippen LogP contribution in [0, 0.1) is 0 Å². The van der Waals surface area contributed by atoms with Gasteiger partial charge in [0.15, 0.2) is 11.5 Å². The lowest BCUT2D eigenvalue weighted by Gasteiger charge is -2.17. The molecule has 0 amide bonds. The van der Waals surface area contributed by atoms with Crippen molar-refractivity contribution in [1.82, 2.24) is 19.9 Å². The number of nitrogens with one attached hydrogen (secondary N) is 1. The molecular formula is C9H8ClF2N5. The molecule has 0 bridgehead atoms. The summed E-state index contributed by atoms with van der Waals surface area (Å²) < 4.78 is 26.3. The molecule has 1 aliphatic heterocycles. The van der Waals surface area contributed by atoms with Crippen molar-refractivity contribution in [3.63, 3.8) is 0 Å². The fourth-order valence-corrected chi connectivity index (χ4v) is 2.10. The summed E-state index contributed by atoms with van der Waals surface area (Å²) >= 11 is 5.74. The Labute approximate surface area is 99.8 Å². The highest BCUT2D eigenvalue weighted by Crippen LogP contribution is 2.32. The van der Waals surface area contributed by atoms with Gasteiger partial charge in [-0.25, -0.2) is 13.8 Å². The van der Waals surface area contributed by atoms with Crippen molar-refractivity contribution in [1.29, 1.82) is 0 Å². The third kappa shape index (κ3) is 1.80. The molecule has 0 atom stereocenters. The van der Waals surface area contributed by atoms with E-state index in [9.17, 15) is 8.78 Å². The summed E-state index contributed by atoms with van der Waals surface area (Å²) in [5.74, 6) is -2.29. The summed E-state index contributed by atoms with van der Waals surface area (Å²) in [6.07, 6.45) is 1.26. The van der Waals surface area contributed by atoms with Crippen molar-refractivity contribution in [3.8, 4) is 0 Å². The first-order chi connectivity index (χ1) is 8.05. The summed E-state index contributed by atoms with van der Waals surface area (Å²) in [5.41, 5.74) is 0.919. The first-order valence-corrected chi connectivity index (χ1v) is 5.42. The molecule has 2 aromatic rings. The zero-order valence-corrected chi connectivity index (χ0v) is 9.38. The van der Waals surface area contributed by atoms with Crippen LogP contribution in [0.25, 0.3) is 11.2 Å². The molecule has 0 spiro atoms. The Hall–Kier alpha value is -1.50. The third-order valence-electron chi connectivity index (χ3n) is 2.71. The minimum Gasteiger partial charge on any atom is -0.348 e. The van der Waals surface area contributed by atoms with Crippen LogP contribution in [0.3, 0.4) is 0 Å². The summed E-state index contributed by atoms with van der Waals surface area (Å²) in [5, 5.41) is 0.00909. The standard InChI is InChI=1S/C9H8ClF2N5/c10-8-15-6-5(13-4-14-6)7(16-8)17-2-1-9(11,12)3-17/h4H,1-3H2,(H,13,14,15,16). The number of imidazole rings is 1. The van der Waals surface area contributed by atoms with Crippen molar-refractivity contribution >= 4 is 28.6 Å². The van der Waals surface area contributed by atoms with Gasteiger partial charge in [0.25, 0.3) is 5.92 Å². The smallest absolute Gasteiger partial charge is 0.266 e. The van der Waals surface area contributed by atoms with Crippen LogP contribution in [0.15, 0.2) is 6.33 Å². The first-order valence-electron chi connectivity index (χ1n) is 5.05. The molecule has 3 rings (SSSR count). The van der Waals surface area contributed by atoms with Gasteiger partial charge < -0.3 is 9.88 Å². The lowest BCUT2D eigenvalue weighted by atomic mass is 10.3. The Morgan fingerprint density at radius 3 is 2.94 bits per heavy atom. The SMILES string of the molecule is FC1(F)CCN(c2nc(Cl)nc3nc[nH]c23)C1. The number of fused-ring (bicyclic) bond motifs is 1. The minimum absolute atomic E-state index is 0.00909. The molecule has 1 fully saturated rings. The Morgan fingerprint density at radius 2 is 2.24 bits per heavy atom. The van der Waals surface area contributed by atoms with Crippen LogP contribution in [0.5, 0.6) is 0 Å². The van der Waals surface area contributed by atoms with E-state index in [-0.39, 0.29) is 24.8 Å². The Balaban J connectivity index is 2.08. The van der Waals surface area contributed by atoms with Crippen LogP contribution < -0.4 is 4.90 Å². The molecule has 0 saturated carbocycles. The van der Waals surface area contributed by atoms with E-state index in [1.165, 1.54) is 11.2 Å². The molecule has 0 radical (unpaired) electrons. The summed E-state index contributed by atoms with van der Waals surface area (Å²) in [6.45, 7) is -0.108. The van der Waals surface area contributed by atoms with Gasteiger partial charge in [-0.3, -0.25) is 0 Å². The number of anilines is 1.